The third kappa shape index (κ3) is 5.41. The molecule has 0 aliphatic heterocycles. The minimum Gasteiger partial charge on any atom is -0.241 e. The van der Waals surface area contributed by atoms with Crippen LogP contribution in [0, 0.1) is 5.92 Å². The van der Waals surface area contributed by atoms with Gasteiger partial charge in [0.15, 0.2) is 0 Å². The SMILES string of the molecule is CCCCCc1cnc([C@H]2CC[C@H](CCCC)CC2)nc1. The van der Waals surface area contributed by atoms with Crippen LogP contribution in [0.15, 0.2) is 12.4 Å². The average Bonchev–Trinajstić information content (AvgIpc) is 2.54. The summed E-state index contributed by atoms with van der Waals surface area (Å²) in [7, 11) is 0. The molecular formula is C19H32N2. The summed E-state index contributed by atoms with van der Waals surface area (Å²) in [4.78, 5) is 9.31. The molecule has 1 heterocycles. The fourth-order valence-electron chi connectivity index (χ4n) is 3.49. The molecule has 2 heteroatoms. The molecule has 0 amide bonds. The fourth-order valence-corrected chi connectivity index (χ4v) is 3.49. The van der Waals surface area contributed by atoms with Crippen molar-refractivity contribution < 1.29 is 0 Å². The predicted octanol–water partition coefficient (Wildman–Crippen LogP) is 5.67. The Morgan fingerprint density at radius 1 is 0.905 bits per heavy atom. The van der Waals surface area contributed by atoms with Gasteiger partial charge in [-0.1, -0.05) is 46.0 Å². The van der Waals surface area contributed by atoms with E-state index < -0.39 is 0 Å². The number of unbranched alkanes of at least 4 members (excludes halogenated alkanes) is 3. The Bertz CT molecular complexity index is 377. The topological polar surface area (TPSA) is 25.8 Å². The van der Waals surface area contributed by atoms with E-state index in [0.29, 0.717) is 5.92 Å². The molecule has 1 aromatic rings. The summed E-state index contributed by atoms with van der Waals surface area (Å²) in [6.07, 6.45) is 18.7. The lowest BCUT2D eigenvalue weighted by Crippen LogP contribution is -2.15. The first-order valence-corrected chi connectivity index (χ1v) is 9.14. The van der Waals surface area contributed by atoms with Crippen LogP contribution in [0.4, 0.5) is 0 Å². The largest absolute Gasteiger partial charge is 0.241 e. The first-order valence-electron chi connectivity index (χ1n) is 9.14. The maximum Gasteiger partial charge on any atom is 0.131 e. The van der Waals surface area contributed by atoms with Gasteiger partial charge in [-0.15, -0.1) is 0 Å². The summed E-state index contributed by atoms with van der Waals surface area (Å²) < 4.78 is 0. The van der Waals surface area contributed by atoms with E-state index in [-0.39, 0.29) is 0 Å². The van der Waals surface area contributed by atoms with Gasteiger partial charge in [-0.2, -0.15) is 0 Å². The van der Waals surface area contributed by atoms with Gasteiger partial charge in [0.1, 0.15) is 5.82 Å². The second-order valence-electron chi connectivity index (χ2n) is 6.77. The zero-order valence-corrected chi connectivity index (χ0v) is 14.0. The Balaban J connectivity index is 1.78. The third-order valence-electron chi connectivity index (χ3n) is 4.97. The Kier molecular flexibility index (Phi) is 7.18. The Morgan fingerprint density at radius 3 is 2.19 bits per heavy atom. The van der Waals surface area contributed by atoms with Crippen molar-refractivity contribution in [2.75, 3.05) is 0 Å². The number of nitrogens with zero attached hydrogens (tertiary/aromatic N) is 2. The highest BCUT2D eigenvalue weighted by atomic mass is 14.9. The quantitative estimate of drug-likeness (QED) is 0.576. The molecule has 1 aliphatic rings. The van der Waals surface area contributed by atoms with E-state index in [2.05, 4.69) is 36.2 Å². The van der Waals surface area contributed by atoms with E-state index in [1.807, 2.05) is 0 Å². The van der Waals surface area contributed by atoms with E-state index in [1.54, 1.807) is 0 Å². The minimum absolute atomic E-state index is 0.618. The van der Waals surface area contributed by atoms with Gasteiger partial charge in [0.05, 0.1) is 0 Å². The van der Waals surface area contributed by atoms with Crippen LogP contribution in [0.25, 0.3) is 0 Å². The molecule has 1 fully saturated rings. The lowest BCUT2D eigenvalue weighted by molar-refractivity contribution is 0.298. The lowest BCUT2D eigenvalue weighted by atomic mass is 9.79. The number of aromatic nitrogens is 2. The fraction of sp³-hybridized carbons (Fsp3) is 0.789. The van der Waals surface area contributed by atoms with Gasteiger partial charge < -0.3 is 0 Å². The summed E-state index contributed by atoms with van der Waals surface area (Å²) in [6, 6.07) is 0. The van der Waals surface area contributed by atoms with Crippen LogP contribution in [0.2, 0.25) is 0 Å². The van der Waals surface area contributed by atoms with Crippen molar-refractivity contribution in [2.45, 2.75) is 90.4 Å². The molecule has 1 aliphatic carbocycles. The van der Waals surface area contributed by atoms with Crippen LogP contribution in [0.1, 0.15) is 95.4 Å². The van der Waals surface area contributed by atoms with Crippen LogP contribution >= 0.6 is 0 Å². The van der Waals surface area contributed by atoms with Crippen molar-refractivity contribution in [1.29, 1.82) is 0 Å². The zero-order chi connectivity index (χ0) is 14.9. The number of hydrogen-bond acceptors (Lipinski definition) is 2. The molecule has 0 saturated heterocycles. The van der Waals surface area contributed by atoms with Crippen molar-refractivity contribution in [1.82, 2.24) is 9.97 Å². The normalized spacial score (nSPS) is 22.4. The predicted molar refractivity (Wildman–Crippen MR) is 89.5 cm³/mol. The summed E-state index contributed by atoms with van der Waals surface area (Å²) in [6.45, 7) is 4.54. The van der Waals surface area contributed by atoms with Gasteiger partial charge >= 0.3 is 0 Å². The van der Waals surface area contributed by atoms with Crippen molar-refractivity contribution in [3.8, 4) is 0 Å². The first-order chi connectivity index (χ1) is 10.3. The summed E-state index contributed by atoms with van der Waals surface area (Å²) in [5.41, 5.74) is 1.31. The highest BCUT2D eigenvalue weighted by Crippen LogP contribution is 2.36. The smallest absolute Gasteiger partial charge is 0.131 e. The van der Waals surface area contributed by atoms with Crippen molar-refractivity contribution >= 4 is 0 Å². The van der Waals surface area contributed by atoms with Gasteiger partial charge in [-0.3, -0.25) is 0 Å². The third-order valence-corrected chi connectivity index (χ3v) is 4.97. The van der Waals surface area contributed by atoms with Crippen LogP contribution in [-0.4, -0.2) is 9.97 Å². The molecule has 0 bridgehead atoms. The highest BCUT2D eigenvalue weighted by Gasteiger charge is 2.23. The number of hydrogen-bond donors (Lipinski definition) is 0. The molecule has 2 nitrogen and oxygen atoms in total. The summed E-state index contributed by atoms with van der Waals surface area (Å²) in [5.74, 6) is 2.69. The maximum absolute atomic E-state index is 4.66. The maximum atomic E-state index is 4.66. The molecule has 21 heavy (non-hydrogen) atoms. The lowest BCUT2D eigenvalue weighted by Gasteiger charge is -2.27. The van der Waals surface area contributed by atoms with Crippen LogP contribution in [0.5, 0.6) is 0 Å². The van der Waals surface area contributed by atoms with E-state index in [1.165, 1.54) is 69.8 Å². The molecule has 0 N–H and O–H groups in total. The number of rotatable bonds is 8. The number of aryl methyl sites for hydroxylation is 1. The van der Waals surface area contributed by atoms with Gasteiger partial charge in [0.2, 0.25) is 0 Å². The zero-order valence-electron chi connectivity index (χ0n) is 14.0. The van der Waals surface area contributed by atoms with Crippen molar-refractivity contribution in [2.24, 2.45) is 5.92 Å². The molecule has 2 rings (SSSR count). The van der Waals surface area contributed by atoms with E-state index in [0.717, 1.165) is 18.2 Å². The van der Waals surface area contributed by atoms with E-state index in [9.17, 15) is 0 Å². The Morgan fingerprint density at radius 2 is 1.57 bits per heavy atom. The van der Waals surface area contributed by atoms with Gasteiger partial charge in [0, 0.05) is 18.3 Å². The Labute approximate surface area is 130 Å². The minimum atomic E-state index is 0.618. The molecule has 0 aromatic carbocycles. The molecule has 1 saturated carbocycles. The average molecular weight is 288 g/mol. The van der Waals surface area contributed by atoms with Crippen LogP contribution in [0.3, 0.4) is 0 Å². The molecule has 118 valence electrons. The monoisotopic (exact) mass is 288 g/mol. The molecule has 0 radical (unpaired) electrons. The van der Waals surface area contributed by atoms with Crippen LogP contribution in [-0.2, 0) is 6.42 Å². The summed E-state index contributed by atoms with van der Waals surface area (Å²) in [5, 5.41) is 0. The molecular weight excluding hydrogens is 256 g/mol. The van der Waals surface area contributed by atoms with E-state index >= 15 is 0 Å². The van der Waals surface area contributed by atoms with E-state index in [4.69, 9.17) is 0 Å². The Hall–Kier alpha value is -0.920. The molecule has 0 spiro atoms. The van der Waals surface area contributed by atoms with Crippen molar-refractivity contribution in [3.63, 3.8) is 0 Å². The highest BCUT2D eigenvalue weighted by molar-refractivity contribution is 5.08. The van der Waals surface area contributed by atoms with Gasteiger partial charge in [-0.25, -0.2) is 9.97 Å². The second kappa shape index (κ2) is 9.17. The van der Waals surface area contributed by atoms with Crippen molar-refractivity contribution in [3.05, 3.63) is 23.8 Å². The summed E-state index contributed by atoms with van der Waals surface area (Å²) >= 11 is 0. The second-order valence-corrected chi connectivity index (χ2v) is 6.77. The standard InChI is InChI=1S/C19H32N2/c1-3-5-7-9-17-14-20-19(21-15-17)18-12-10-16(11-13-18)8-6-4-2/h14-16,18H,3-13H2,1-2H3/t16-,18-. The molecule has 0 unspecified atom stereocenters. The molecule has 0 atom stereocenters. The van der Waals surface area contributed by atoms with Crippen LogP contribution < -0.4 is 0 Å². The van der Waals surface area contributed by atoms with Gasteiger partial charge in [-0.05, 0) is 50.0 Å². The first kappa shape index (κ1) is 16.5. The molecule has 1 aromatic heterocycles. The van der Waals surface area contributed by atoms with Gasteiger partial charge in [0.25, 0.3) is 0 Å².